The number of nitrogens with one attached hydrogen (secondary N) is 1. The van der Waals surface area contributed by atoms with Crippen molar-refractivity contribution in [1.29, 1.82) is 0 Å². The summed E-state index contributed by atoms with van der Waals surface area (Å²) < 4.78 is 0. The summed E-state index contributed by atoms with van der Waals surface area (Å²) >= 11 is 0. The van der Waals surface area contributed by atoms with Crippen molar-refractivity contribution in [3.05, 3.63) is 11.1 Å². The van der Waals surface area contributed by atoms with Gasteiger partial charge >= 0.3 is 12.0 Å². The molecule has 0 bridgehead atoms. The topological polar surface area (TPSA) is 86.7 Å². The van der Waals surface area contributed by atoms with Gasteiger partial charge in [0.05, 0.1) is 0 Å². The summed E-state index contributed by atoms with van der Waals surface area (Å²) in [4.78, 5) is 35.2. The smallest absolute Gasteiger partial charge is 0.331 e. The fourth-order valence-electron chi connectivity index (χ4n) is 1.11. The number of amides is 3. The number of nitrogens with zero attached hydrogens (tertiary/aromatic N) is 1. The molecule has 0 saturated heterocycles. The molecule has 0 unspecified atom stereocenters. The average Bonchev–Trinajstić information content (AvgIpc) is 2.28. The van der Waals surface area contributed by atoms with E-state index in [4.69, 9.17) is 5.11 Å². The van der Waals surface area contributed by atoms with E-state index in [2.05, 4.69) is 5.32 Å². The van der Waals surface area contributed by atoms with Gasteiger partial charge in [0.1, 0.15) is 0 Å². The van der Waals surface area contributed by atoms with Crippen LogP contribution in [0.2, 0.25) is 0 Å². The van der Waals surface area contributed by atoms with E-state index < -0.39 is 17.9 Å². The van der Waals surface area contributed by atoms with E-state index in [9.17, 15) is 14.4 Å². The summed E-state index contributed by atoms with van der Waals surface area (Å²) in [5.41, 5.74) is -0.0483. The Balaban J connectivity index is 4.72. The van der Waals surface area contributed by atoms with Crippen LogP contribution in [0.4, 0.5) is 4.79 Å². The third-order valence-corrected chi connectivity index (χ3v) is 2.50. The summed E-state index contributed by atoms with van der Waals surface area (Å²) in [5.74, 6) is -1.85. The van der Waals surface area contributed by atoms with Gasteiger partial charge in [-0.3, -0.25) is 10.1 Å². The van der Waals surface area contributed by atoms with Crippen LogP contribution >= 0.6 is 0 Å². The molecule has 0 aromatic carbocycles. The van der Waals surface area contributed by atoms with Crippen molar-refractivity contribution < 1.29 is 19.5 Å². The molecule has 0 heterocycles. The molecule has 0 aromatic heterocycles. The number of carboxylic acids is 1. The maximum atomic E-state index is 11.6. The van der Waals surface area contributed by atoms with Gasteiger partial charge in [-0.1, -0.05) is 0 Å². The summed E-state index contributed by atoms with van der Waals surface area (Å²) in [5, 5.41) is 10.8. The molecule has 2 N–H and O–H groups in total. The highest BCUT2D eigenvalue weighted by atomic mass is 16.4. The fourth-order valence-corrected chi connectivity index (χ4v) is 1.11. The number of hydrogen-bond donors (Lipinski definition) is 2. The quantitative estimate of drug-likeness (QED) is 0.719. The highest BCUT2D eigenvalue weighted by Gasteiger charge is 2.17. The minimum absolute atomic E-state index is 0.0259. The normalized spacial score (nSPS) is 11.5. The Labute approximate surface area is 100 Å². The molecule has 0 atom stereocenters. The Bertz CT molecular complexity index is 356. The molecule has 0 aliphatic rings. The molecule has 17 heavy (non-hydrogen) atoms. The summed E-state index contributed by atoms with van der Waals surface area (Å²) in [6.45, 7) is 7.23. The molecule has 0 aliphatic heterocycles. The number of hydrogen-bond acceptors (Lipinski definition) is 3. The van der Waals surface area contributed by atoms with E-state index in [0.717, 1.165) is 0 Å². The molecule has 0 saturated carbocycles. The van der Waals surface area contributed by atoms with Crippen LogP contribution in [0.15, 0.2) is 11.1 Å². The molecule has 6 nitrogen and oxygen atoms in total. The molecule has 0 fully saturated rings. The van der Waals surface area contributed by atoms with Gasteiger partial charge in [-0.05, 0) is 27.7 Å². The molecule has 96 valence electrons. The number of carbonyl (C=O) groups is 3. The van der Waals surface area contributed by atoms with E-state index >= 15 is 0 Å². The Morgan fingerprint density at radius 1 is 1.06 bits per heavy atom. The van der Waals surface area contributed by atoms with Crippen molar-refractivity contribution >= 4 is 17.9 Å². The first-order valence-electron chi connectivity index (χ1n) is 5.36. The highest BCUT2D eigenvalue weighted by molar-refractivity contribution is 6.07. The van der Waals surface area contributed by atoms with Crippen molar-refractivity contribution in [3.63, 3.8) is 0 Å². The number of aliphatic carboxylic acids is 1. The van der Waals surface area contributed by atoms with Gasteiger partial charge in [-0.2, -0.15) is 0 Å². The summed E-state index contributed by atoms with van der Waals surface area (Å²) in [6, 6.07) is -0.516. The minimum Gasteiger partial charge on any atom is -0.478 e. The zero-order chi connectivity index (χ0) is 13.6. The van der Waals surface area contributed by atoms with Crippen molar-refractivity contribution in [2.24, 2.45) is 0 Å². The molecular weight excluding hydrogens is 224 g/mol. The maximum Gasteiger partial charge on any atom is 0.331 e. The van der Waals surface area contributed by atoms with E-state index in [1.165, 1.54) is 18.7 Å². The Kier molecular flexibility index (Phi) is 5.95. The standard InChI is InChI=1S/C11H18N2O4/c1-5-13(6-2)11(17)12-9(14)7(3)8(4)10(15)16/h5-6H2,1-4H3,(H,15,16)(H,12,14,17). The summed E-state index contributed by atoms with van der Waals surface area (Å²) in [7, 11) is 0. The van der Waals surface area contributed by atoms with Gasteiger partial charge in [0.2, 0.25) is 0 Å². The van der Waals surface area contributed by atoms with Crippen molar-refractivity contribution in [3.8, 4) is 0 Å². The zero-order valence-electron chi connectivity index (χ0n) is 10.5. The molecule has 0 radical (unpaired) electrons. The zero-order valence-corrected chi connectivity index (χ0v) is 10.5. The molecule has 0 aromatic rings. The van der Waals surface area contributed by atoms with Crippen LogP contribution in [0.5, 0.6) is 0 Å². The van der Waals surface area contributed by atoms with Crippen LogP contribution in [-0.4, -0.2) is 41.0 Å². The largest absolute Gasteiger partial charge is 0.478 e. The Morgan fingerprint density at radius 3 is 1.88 bits per heavy atom. The molecule has 0 aliphatic carbocycles. The SMILES string of the molecule is CCN(CC)C(=O)NC(=O)C(C)=C(C)C(=O)O. The number of carbonyl (C=O) groups excluding carboxylic acids is 2. The lowest BCUT2D eigenvalue weighted by molar-refractivity contribution is -0.133. The van der Waals surface area contributed by atoms with Crippen LogP contribution in [0.25, 0.3) is 0 Å². The second-order valence-corrected chi connectivity index (χ2v) is 3.49. The minimum atomic E-state index is -1.17. The number of rotatable bonds is 4. The molecule has 0 rings (SSSR count). The summed E-state index contributed by atoms with van der Waals surface area (Å²) in [6.07, 6.45) is 0. The van der Waals surface area contributed by atoms with Crippen molar-refractivity contribution in [2.75, 3.05) is 13.1 Å². The van der Waals surface area contributed by atoms with E-state index in [1.54, 1.807) is 13.8 Å². The fraction of sp³-hybridized carbons (Fsp3) is 0.545. The van der Waals surface area contributed by atoms with Gasteiger partial charge in [0.15, 0.2) is 0 Å². The van der Waals surface area contributed by atoms with E-state index in [1.807, 2.05) is 0 Å². The lowest BCUT2D eigenvalue weighted by Crippen LogP contribution is -2.43. The van der Waals surface area contributed by atoms with Gasteiger partial charge in [-0.15, -0.1) is 0 Å². The number of imide groups is 1. The lowest BCUT2D eigenvalue weighted by atomic mass is 10.1. The van der Waals surface area contributed by atoms with Crippen LogP contribution in [-0.2, 0) is 9.59 Å². The predicted molar refractivity (Wildman–Crippen MR) is 62.5 cm³/mol. The Hall–Kier alpha value is -1.85. The van der Waals surface area contributed by atoms with E-state index in [-0.39, 0.29) is 11.1 Å². The van der Waals surface area contributed by atoms with Gasteiger partial charge in [0.25, 0.3) is 5.91 Å². The van der Waals surface area contributed by atoms with Gasteiger partial charge in [-0.25, -0.2) is 9.59 Å². The van der Waals surface area contributed by atoms with Crippen LogP contribution in [0, 0.1) is 0 Å². The molecule has 3 amide bonds. The van der Waals surface area contributed by atoms with Gasteiger partial charge in [0, 0.05) is 24.2 Å². The molecular formula is C11H18N2O4. The second-order valence-electron chi connectivity index (χ2n) is 3.49. The van der Waals surface area contributed by atoms with Gasteiger partial charge < -0.3 is 10.0 Å². The molecule has 0 spiro atoms. The maximum absolute atomic E-state index is 11.6. The first kappa shape index (κ1) is 15.2. The number of urea groups is 1. The van der Waals surface area contributed by atoms with Crippen LogP contribution in [0.3, 0.4) is 0 Å². The third-order valence-electron chi connectivity index (χ3n) is 2.50. The average molecular weight is 242 g/mol. The van der Waals surface area contributed by atoms with Crippen LogP contribution < -0.4 is 5.32 Å². The second kappa shape index (κ2) is 6.67. The molecule has 6 heteroatoms. The van der Waals surface area contributed by atoms with Crippen molar-refractivity contribution in [1.82, 2.24) is 10.2 Å². The van der Waals surface area contributed by atoms with E-state index in [0.29, 0.717) is 13.1 Å². The Morgan fingerprint density at radius 2 is 1.53 bits per heavy atom. The third kappa shape index (κ3) is 4.26. The predicted octanol–water partition coefficient (Wildman–Crippen LogP) is 0.985. The first-order chi connectivity index (χ1) is 7.84. The lowest BCUT2D eigenvalue weighted by Gasteiger charge is -2.18. The monoisotopic (exact) mass is 242 g/mol. The van der Waals surface area contributed by atoms with Crippen molar-refractivity contribution in [2.45, 2.75) is 27.7 Å². The van der Waals surface area contributed by atoms with Crippen LogP contribution in [0.1, 0.15) is 27.7 Å². The first-order valence-corrected chi connectivity index (χ1v) is 5.36. The highest BCUT2D eigenvalue weighted by Crippen LogP contribution is 2.03. The number of carboxylic acid groups (broad SMARTS) is 1.